The first kappa shape index (κ1) is 16.1. The molecule has 0 aliphatic rings. The number of nitrogens with zero attached hydrogens (tertiary/aromatic N) is 3. The number of carbonyl (C=O) groups is 2. The zero-order chi connectivity index (χ0) is 15.3. The molecule has 112 valence electrons. The van der Waals surface area contributed by atoms with E-state index < -0.39 is 12.1 Å². The Morgan fingerprint density at radius 2 is 2.10 bits per heavy atom. The lowest BCUT2D eigenvalue weighted by molar-refractivity contribution is -0.122. The lowest BCUT2D eigenvalue weighted by Crippen LogP contribution is -2.36. The van der Waals surface area contributed by atoms with Gasteiger partial charge in [-0.05, 0) is 11.8 Å². The normalized spacial score (nSPS) is 13.0. The molecule has 0 aliphatic carbocycles. The topological polar surface area (TPSA) is 117 Å². The molecule has 0 bridgehead atoms. The number of nitrogens with one attached hydrogen (secondary N) is 1. The highest BCUT2D eigenvalue weighted by Gasteiger charge is 2.17. The number of aromatic carboxylic acids is 1. The van der Waals surface area contributed by atoms with Crippen LogP contribution >= 0.6 is 0 Å². The minimum Gasteiger partial charge on any atom is -0.476 e. The molecule has 1 amide bonds. The zero-order valence-corrected chi connectivity index (χ0v) is 11.8. The molecule has 1 atom stereocenters. The Morgan fingerprint density at radius 3 is 2.60 bits per heavy atom. The van der Waals surface area contributed by atoms with E-state index in [-0.39, 0.29) is 30.1 Å². The predicted molar refractivity (Wildman–Crippen MR) is 70.1 cm³/mol. The van der Waals surface area contributed by atoms with Crippen LogP contribution < -0.4 is 5.32 Å². The Bertz CT molecular complexity index is 478. The summed E-state index contributed by atoms with van der Waals surface area (Å²) in [5.41, 5.74) is -0.238. The summed E-state index contributed by atoms with van der Waals surface area (Å²) < 4.78 is 1.13. The molecule has 0 saturated carbocycles. The van der Waals surface area contributed by atoms with Gasteiger partial charge in [0, 0.05) is 6.54 Å². The fourth-order valence-electron chi connectivity index (χ4n) is 1.69. The van der Waals surface area contributed by atoms with Crippen LogP contribution in [-0.2, 0) is 11.3 Å². The van der Waals surface area contributed by atoms with Crippen LogP contribution in [0.15, 0.2) is 6.20 Å². The quantitative estimate of drug-likeness (QED) is 0.671. The molecule has 20 heavy (non-hydrogen) atoms. The van der Waals surface area contributed by atoms with Crippen molar-refractivity contribution in [3.8, 4) is 0 Å². The van der Waals surface area contributed by atoms with Crippen LogP contribution in [0.2, 0.25) is 0 Å². The molecule has 1 unspecified atom stereocenters. The number of amides is 1. The zero-order valence-electron chi connectivity index (χ0n) is 11.8. The molecule has 3 N–H and O–H groups in total. The van der Waals surface area contributed by atoms with Crippen molar-refractivity contribution < 1.29 is 19.8 Å². The van der Waals surface area contributed by atoms with Crippen molar-refractivity contribution in [1.82, 2.24) is 20.3 Å². The van der Waals surface area contributed by atoms with Gasteiger partial charge in [0.05, 0.1) is 12.3 Å². The molecule has 8 heteroatoms. The van der Waals surface area contributed by atoms with Gasteiger partial charge in [-0.3, -0.25) is 4.79 Å². The van der Waals surface area contributed by atoms with Crippen LogP contribution in [0.25, 0.3) is 0 Å². The van der Waals surface area contributed by atoms with Gasteiger partial charge in [0.25, 0.3) is 0 Å². The first-order valence-corrected chi connectivity index (χ1v) is 6.25. The van der Waals surface area contributed by atoms with Gasteiger partial charge in [-0.1, -0.05) is 26.0 Å². The van der Waals surface area contributed by atoms with Crippen molar-refractivity contribution >= 4 is 11.9 Å². The van der Waals surface area contributed by atoms with E-state index in [0.29, 0.717) is 6.42 Å². The average molecular weight is 284 g/mol. The Morgan fingerprint density at radius 1 is 1.45 bits per heavy atom. The maximum Gasteiger partial charge on any atom is 0.358 e. The van der Waals surface area contributed by atoms with Gasteiger partial charge in [-0.2, -0.15) is 0 Å². The van der Waals surface area contributed by atoms with E-state index in [2.05, 4.69) is 15.6 Å². The number of aliphatic hydroxyl groups is 1. The van der Waals surface area contributed by atoms with Crippen LogP contribution in [-0.4, -0.2) is 49.7 Å². The Labute approximate surface area is 116 Å². The molecule has 8 nitrogen and oxygen atoms in total. The maximum absolute atomic E-state index is 11.6. The van der Waals surface area contributed by atoms with Gasteiger partial charge < -0.3 is 15.5 Å². The monoisotopic (exact) mass is 284 g/mol. The molecular formula is C12H20N4O4. The summed E-state index contributed by atoms with van der Waals surface area (Å²) in [5.74, 6) is -1.56. The summed E-state index contributed by atoms with van der Waals surface area (Å²) >= 11 is 0. The number of carboxylic acids is 1. The Hall–Kier alpha value is -1.96. The number of rotatable bonds is 6. The molecule has 1 aromatic heterocycles. The van der Waals surface area contributed by atoms with E-state index >= 15 is 0 Å². The van der Waals surface area contributed by atoms with Crippen LogP contribution in [0.4, 0.5) is 0 Å². The molecule has 0 aromatic carbocycles. The standard InChI is InChI=1S/C12H20N4O4/c1-12(2,3)4-8(17)5-13-10(18)7-16-6-9(11(19)20)14-15-16/h6,8,17H,4-5,7H2,1-3H3,(H,13,18)(H,19,20). The summed E-state index contributed by atoms with van der Waals surface area (Å²) in [7, 11) is 0. The third-order valence-corrected chi connectivity index (χ3v) is 2.45. The second kappa shape index (κ2) is 6.47. The summed E-state index contributed by atoms with van der Waals surface area (Å²) in [6.07, 6.45) is 1.12. The highest BCUT2D eigenvalue weighted by molar-refractivity contribution is 5.84. The maximum atomic E-state index is 11.6. The van der Waals surface area contributed by atoms with E-state index in [1.54, 1.807) is 0 Å². The van der Waals surface area contributed by atoms with Gasteiger partial charge in [-0.15, -0.1) is 5.10 Å². The van der Waals surface area contributed by atoms with Gasteiger partial charge in [0.2, 0.25) is 5.91 Å². The third kappa shape index (κ3) is 5.79. The van der Waals surface area contributed by atoms with E-state index in [4.69, 9.17) is 5.11 Å². The van der Waals surface area contributed by atoms with Crippen LogP contribution in [0.5, 0.6) is 0 Å². The first-order valence-electron chi connectivity index (χ1n) is 6.25. The van der Waals surface area contributed by atoms with Crippen LogP contribution in [0.1, 0.15) is 37.7 Å². The van der Waals surface area contributed by atoms with E-state index in [1.165, 1.54) is 6.20 Å². The number of aliphatic hydroxyl groups excluding tert-OH is 1. The lowest BCUT2D eigenvalue weighted by Gasteiger charge is -2.22. The predicted octanol–water partition coefficient (Wildman–Crippen LogP) is -0.110. The molecule has 1 rings (SSSR count). The highest BCUT2D eigenvalue weighted by Crippen LogP contribution is 2.20. The number of carboxylic acid groups (broad SMARTS) is 1. The molecule has 0 radical (unpaired) electrons. The number of hydrogen-bond acceptors (Lipinski definition) is 5. The largest absolute Gasteiger partial charge is 0.476 e. The molecule has 1 heterocycles. The fourth-order valence-corrected chi connectivity index (χ4v) is 1.69. The fraction of sp³-hybridized carbons (Fsp3) is 0.667. The second-order valence-electron chi connectivity index (χ2n) is 5.83. The van der Waals surface area contributed by atoms with Crippen molar-refractivity contribution in [2.24, 2.45) is 5.41 Å². The van der Waals surface area contributed by atoms with Crippen molar-refractivity contribution in [2.75, 3.05) is 6.54 Å². The van der Waals surface area contributed by atoms with Gasteiger partial charge in [0.15, 0.2) is 5.69 Å². The van der Waals surface area contributed by atoms with Crippen LogP contribution in [0, 0.1) is 5.41 Å². The van der Waals surface area contributed by atoms with Crippen molar-refractivity contribution in [2.45, 2.75) is 39.8 Å². The second-order valence-corrected chi connectivity index (χ2v) is 5.83. The molecule has 1 aromatic rings. The third-order valence-electron chi connectivity index (χ3n) is 2.45. The van der Waals surface area contributed by atoms with Gasteiger partial charge in [-0.25, -0.2) is 9.48 Å². The smallest absolute Gasteiger partial charge is 0.358 e. The number of hydrogen-bond donors (Lipinski definition) is 3. The molecule has 0 spiro atoms. The minimum absolute atomic E-state index is 0.0214. The van der Waals surface area contributed by atoms with Crippen molar-refractivity contribution in [3.63, 3.8) is 0 Å². The number of aromatic nitrogens is 3. The molecular weight excluding hydrogens is 264 g/mol. The van der Waals surface area contributed by atoms with Gasteiger partial charge in [0.1, 0.15) is 6.54 Å². The Kier molecular flexibility index (Phi) is 5.20. The summed E-state index contributed by atoms with van der Waals surface area (Å²) in [5, 5.41) is 27.9. The van der Waals surface area contributed by atoms with Crippen molar-refractivity contribution in [3.05, 3.63) is 11.9 Å². The summed E-state index contributed by atoms with van der Waals surface area (Å²) in [4.78, 5) is 22.2. The average Bonchev–Trinajstić information content (AvgIpc) is 2.72. The lowest BCUT2D eigenvalue weighted by atomic mass is 9.89. The first-order chi connectivity index (χ1) is 9.17. The molecule has 0 aliphatic heterocycles. The summed E-state index contributed by atoms with van der Waals surface area (Å²) in [6, 6.07) is 0. The van der Waals surface area contributed by atoms with Crippen molar-refractivity contribution in [1.29, 1.82) is 0 Å². The van der Waals surface area contributed by atoms with Crippen LogP contribution in [0.3, 0.4) is 0 Å². The summed E-state index contributed by atoms with van der Waals surface area (Å²) in [6.45, 7) is 6.02. The molecule has 0 fully saturated rings. The van der Waals surface area contributed by atoms with E-state index in [1.807, 2.05) is 20.8 Å². The van der Waals surface area contributed by atoms with E-state index in [9.17, 15) is 14.7 Å². The van der Waals surface area contributed by atoms with Gasteiger partial charge >= 0.3 is 5.97 Å². The minimum atomic E-state index is -1.20. The molecule has 0 saturated heterocycles. The SMILES string of the molecule is CC(C)(C)CC(O)CNC(=O)Cn1cc(C(=O)O)nn1. The number of carbonyl (C=O) groups excluding carboxylic acids is 1. The van der Waals surface area contributed by atoms with E-state index in [0.717, 1.165) is 4.68 Å². The highest BCUT2D eigenvalue weighted by atomic mass is 16.4. The Balaban J connectivity index is 2.38.